The molecule has 5 nitrogen and oxygen atoms in total. The van der Waals surface area contributed by atoms with Crippen LogP contribution in [0.25, 0.3) is 0 Å². The highest BCUT2D eigenvalue weighted by Crippen LogP contribution is 2.26. The van der Waals surface area contributed by atoms with Crippen molar-refractivity contribution in [2.24, 2.45) is 0 Å². The second-order valence-corrected chi connectivity index (χ2v) is 6.43. The molecule has 4 rings (SSSR count). The van der Waals surface area contributed by atoms with Gasteiger partial charge >= 0.3 is 0 Å². The molecule has 0 N–H and O–H groups in total. The predicted molar refractivity (Wildman–Crippen MR) is 87.8 cm³/mol. The Bertz CT molecular complexity index is 754. The van der Waals surface area contributed by atoms with E-state index in [2.05, 4.69) is 12.1 Å². The molecule has 2 aromatic rings. The minimum Gasteiger partial charge on any atom is -0.467 e. The van der Waals surface area contributed by atoms with Gasteiger partial charge in [-0.1, -0.05) is 24.3 Å². The first-order chi connectivity index (χ1) is 11.7. The summed E-state index contributed by atoms with van der Waals surface area (Å²) in [4.78, 5) is 28.8. The molecular weight excluding hydrogens is 304 g/mol. The van der Waals surface area contributed by atoms with E-state index in [0.717, 1.165) is 13.0 Å². The molecule has 0 aliphatic carbocycles. The largest absolute Gasteiger partial charge is 0.467 e. The van der Waals surface area contributed by atoms with Gasteiger partial charge < -0.3 is 14.2 Å². The van der Waals surface area contributed by atoms with Crippen LogP contribution in [0.15, 0.2) is 47.1 Å². The van der Waals surface area contributed by atoms with Crippen molar-refractivity contribution in [3.05, 3.63) is 59.5 Å². The monoisotopic (exact) mass is 324 g/mol. The zero-order chi connectivity index (χ0) is 16.5. The molecule has 5 heteroatoms. The molecule has 2 aliphatic rings. The van der Waals surface area contributed by atoms with E-state index >= 15 is 0 Å². The van der Waals surface area contributed by atoms with Gasteiger partial charge in [0, 0.05) is 19.5 Å². The number of carbonyl (C=O) groups excluding carboxylic acids is 2. The first-order valence-electron chi connectivity index (χ1n) is 8.40. The minimum absolute atomic E-state index is 0.0298. The molecule has 0 bridgehead atoms. The van der Waals surface area contributed by atoms with Crippen molar-refractivity contribution >= 4 is 11.8 Å². The molecule has 1 fully saturated rings. The number of fused-ring (bicyclic) bond motifs is 1. The van der Waals surface area contributed by atoms with Crippen molar-refractivity contribution in [2.75, 3.05) is 6.54 Å². The van der Waals surface area contributed by atoms with Crippen molar-refractivity contribution in [2.45, 2.75) is 38.4 Å². The van der Waals surface area contributed by atoms with Crippen LogP contribution in [-0.4, -0.2) is 34.2 Å². The Kier molecular flexibility index (Phi) is 3.84. The third-order valence-corrected chi connectivity index (χ3v) is 4.96. The van der Waals surface area contributed by atoms with Gasteiger partial charge in [0.15, 0.2) is 0 Å². The fourth-order valence-electron chi connectivity index (χ4n) is 3.65. The van der Waals surface area contributed by atoms with Gasteiger partial charge in [-0.15, -0.1) is 0 Å². The Morgan fingerprint density at radius 2 is 1.96 bits per heavy atom. The highest BCUT2D eigenvalue weighted by molar-refractivity contribution is 5.91. The van der Waals surface area contributed by atoms with E-state index in [1.807, 2.05) is 23.1 Å². The van der Waals surface area contributed by atoms with Crippen LogP contribution in [0.1, 0.15) is 29.7 Å². The molecule has 3 heterocycles. The fraction of sp³-hybridized carbons (Fsp3) is 0.368. The molecule has 1 atom stereocenters. The van der Waals surface area contributed by atoms with E-state index in [4.69, 9.17) is 4.42 Å². The van der Waals surface area contributed by atoms with E-state index < -0.39 is 0 Å². The van der Waals surface area contributed by atoms with Crippen molar-refractivity contribution in [1.82, 2.24) is 9.80 Å². The number of furan rings is 1. The standard InChI is InChI=1S/C19H20N2O3/c22-18-8-7-17(21(18)13-16-6-3-11-24-16)19(23)20-10-9-14-4-1-2-5-15(14)12-20/h1-6,11,17H,7-10,12-13H2/t17-/m1/s1. The summed E-state index contributed by atoms with van der Waals surface area (Å²) >= 11 is 0. The maximum atomic E-state index is 13.0. The lowest BCUT2D eigenvalue weighted by molar-refractivity contribution is -0.142. The summed E-state index contributed by atoms with van der Waals surface area (Å²) in [6, 6.07) is 11.5. The van der Waals surface area contributed by atoms with E-state index in [9.17, 15) is 9.59 Å². The predicted octanol–water partition coefficient (Wildman–Crippen LogP) is 2.36. The highest BCUT2D eigenvalue weighted by atomic mass is 16.3. The summed E-state index contributed by atoms with van der Waals surface area (Å²) in [5, 5.41) is 0. The van der Waals surface area contributed by atoms with Crippen LogP contribution >= 0.6 is 0 Å². The van der Waals surface area contributed by atoms with E-state index in [-0.39, 0.29) is 17.9 Å². The Morgan fingerprint density at radius 3 is 2.75 bits per heavy atom. The van der Waals surface area contributed by atoms with Crippen LogP contribution < -0.4 is 0 Å². The number of hydrogen-bond donors (Lipinski definition) is 0. The average molecular weight is 324 g/mol. The minimum atomic E-state index is -0.368. The molecule has 2 amide bonds. The lowest BCUT2D eigenvalue weighted by atomic mass is 9.99. The van der Waals surface area contributed by atoms with Gasteiger partial charge in [0.2, 0.25) is 11.8 Å². The smallest absolute Gasteiger partial charge is 0.245 e. The summed E-state index contributed by atoms with van der Waals surface area (Å²) in [5.41, 5.74) is 2.52. The molecule has 1 saturated heterocycles. The molecule has 0 unspecified atom stereocenters. The molecule has 2 aliphatic heterocycles. The van der Waals surface area contributed by atoms with Crippen LogP contribution in [0.3, 0.4) is 0 Å². The lowest BCUT2D eigenvalue weighted by Gasteiger charge is -2.33. The topological polar surface area (TPSA) is 53.8 Å². The van der Waals surface area contributed by atoms with Gasteiger partial charge in [0.05, 0.1) is 12.8 Å². The van der Waals surface area contributed by atoms with Gasteiger partial charge in [-0.2, -0.15) is 0 Å². The van der Waals surface area contributed by atoms with Crippen molar-refractivity contribution in [1.29, 1.82) is 0 Å². The Balaban J connectivity index is 1.50. The molecule has 1 aromatic heterocycles. The van der Waals surface area contributed by atoms with E-state index in [1.54, 1.807) is 17.2 Å². The van der Waals surface area contributed by atoms with Crippen molar-refractivity contribution in [3.8, 4) is 0 Å². The van der Waals surface area contributed by atoms with Crippen molar-refractivity contribution in [3.63, 3.8) is 0 Å². The summed E-state index contributed by atoms with van der Waals surface area (Å²) in [6.45, 7) is 1.72. The van der Waals surface area contributed by atoms with Crippen LogP contribution in [0.2, 0.25) is 0 Å². The van der Waals surface area contributed by atoms with Gasteiger partial charge in [-0.25, -0.2) is 0 Å². The van der Waals surface area contributed by atoms with Gasteiger partial charge in [-0.3, -0.25) is 9.59 Å². The maximum Gasteiger partial charge on any atom is 0.245 e. The number of benzene rings is 1. The quantitative estimate of drug-likeness (QED) is 0.871. The number of hydrogen-bond acceptors (Lipinski definition) is 3. The van der Waals surface area contributed by atoms with Crippen LogP contribution in [-0.2, 0) is 29.1 Å². The highest BCUT2D eigenvalue weighted by Gasteiger charge is 2.39. The molecule has 0 spiro atoms. The number of likely N-dealkylation sites (tertiary alicyclic amines) is 1. The summed E-state index contributed by atoms with van der Waals surface area (Å²) in [7, 11) is 0. The SMILES string of the molecule is O=C([C@H]1CCC(=O)N1Cc1ccco1)N1CCc2ccccc2C1. The fourth-order valence-corrected chi connectivity index (χ4v) is 3.65. The third kappa shape index (κ3) is 2.70. The molecule has 124 valence electrons. The molecular formula is C19H20N2O3. The first kappa shape index (κ1) is 15.0. The molecule has 24 heavy (non-hydrogen) atoms. The Morgan fingerprint density at radius 1 is 1.12 bits per heavy atom. The lowest BCUT2D eigenvalue weighted by Crippen LogP contribution is -2.47. The second-order valence-electron chi connectivity index (χ2n) is 6.43. The average Bonchev–Trinajstić information content (AvgIpc) is 3.25. The van der Waals surface area contributed by atoms with Crippen molar-refractivity contribution < 1.29 is 14.0 Å². The number of amides is 2. The van der Waals surface area contributed by atoms with Crippen LogP contribution in [0.4, 0.5) is 0 Å². The summed E-state index contributed by atoms with van der Waals surface area (Å²) in [5.74, 6) is 0.802. The van der Waals surface area contributed by atoms with E-state index in [1.165, 1.54) is 11.1 Å². The molecule has 1 aromatic carbocycles. The molecule has 0 radical (unpaired) electrons. The second kappa shape index (κ2) is 6.15. The zero-order valence-electron chi connectivity index (χ0n) is 13.5. The van der Waals surface area contributed by atoms with Crippen LogP contribution in [0.5, 0.6) is 0 Å². The number of rotatable bonds is 3. The van der Waals surface area contributed by atoms with E-state index in [0.29, 0.717) is 31.7 Å². The van der Waals surface area contributed by atoms with Gasteiger partial charge in [-0.05, 0) is 36.1 Å². The summed E-state index contributed by atoms with van der Waals surface area (Å²) in [6.07, 6.45) is 3.49. The van der Waals surface area contributed by atoms with Gasteiger partial charge in [0.1, 0.15) is 11.8 Å². The Hall–Kier alpha value is -2.56. The summed E-state index contributed by atoms with van der Waals surface area (Å²) < 4.78 is 5.35. The van der Waals surface area contributed by atoms with Crippen LogP contribution in [0, 0.1) is 0 Å². The molecule has 0 saturated carbocycles. The first-order valence-corrected chi connectivity index (χ1v) is 8.40. The Labute approximate surface area is 140 Å². The zero-order valence-corrected chi connectivity index (χ0v) is 13.5. The van der Waals surface area contributed by atoms with Gasteiger partial charge in [0.25, 0.3) is 0 Å². The third-order valence-electron chi connectivity index (χ3n) is 4.96. The maximum absolute atomic E-state index is 13.0. The number of nitrogens with zero attached hydrogens (tertiary/aromatic N) is 2. The number of carbonyl (C=O) groups is 2. The normalized spacial score (nSPS) is 20.3.